The van der Waals surface area contributed by atoms with Crippen molar-refractivity contribution in [3.05, 3.63) is 48.8 Å². The standard InChI is InChI=1S/C14H13N3O2/c1-18-10-5-6-11(15)12(9-10)19-14-4-2-3-13-16-7-8-17(13)14/h2-9H,15H2,1H3. The molecule has 0 aliphatic heterocycles. The molecule has 96 valence electrons. The lowest BCUT2D eigenvalue weighted by atomic mass is 10.3. The van der Waals surface area contributed by atoms with Gasteiger partial charge in [0.15, 0.2) is 5.75 Å². The summed E-state index contributed by atoms with van der Waals surface area (Å²) in [5, 5.41) is 0. The van der Waals surface area contributed by atoms with E-state index in [4.69, 9.17) is 15.2 Å². The van der Waals surface area contributed by atoms with Crippen LogP contribution >= 0.6 is 0 Å². The first-order valence-corrected chi connectivity index (χ1v) is 5.81. The summed E-state index contributed by atoms with van der Waals surface area (Å²) >= 11 is 0. The molecule has 0 saturated heterocycles. The molecule has 5 heteroatoms. The molecule has 2 N–H and O–H groups in total. The number of ether oxygens (including phenoxy) is 2. The van der Waals surface area contributed by atoms with Crippen LogP contribution in [0, 0.1) is 0 Å². The van der Waals surface area contributed by atoms with Crippen molar-refractivity contribution in [3.63, 3.8) is 0 Å². The molecule has 0 aliphatic rings. The molecular weight excluding hydrogens is 242 g/mol. The minimum absolute atomic E-state index is 0.554. The summed E-state index contributed by atoms with van der Waals surface area (Å²) in [5.41, 5.74) is 7.28. The molecule has 3 aromatic rings. The Morgan fingerprint density at radius 2 is 2.11 bits per heavy atom. The molecule has 1 aromatic carbocycles. The van der Waals surface area contributed by atoms with E-state index in [9.17, 15) is 0 Å². The van der Waals surface area contributed by atoms with E-state index in [-0.39, 0.29) is 0 Å². The summed E-state index contributed by atoms with van der Waals surface area (Å²) in [7, 11) is 1.60. The van der Waals surface area contributed by atoms with Gasteiger partial charge in [-0.2, -0.15) is 0 Å². The van der Waals surface area contributed by atoms with Gasteiger partial charge in [-0.1, -0.05) is 6.07 Å². The molecule has 2 aromatic heterocycles. The molecule has 0 bridgehead atoms. The van der Waals surface area contributed by atoms with Crippen molar-refractivity contribution in [2.24, 2.45) is 0 Å². The fraction of sp³-hybridized carbons (Fsp3) is 0.0714. The molecule has 0 unspecified atom stereocenters. The van der Waals surface area contributed by atoms with Crippen molar-refractivity contribution in [2.45, 2.75) is 0 Å². The van der Waals surface area contributed by atoms with Crippen LogP contribution in [0.3, 0.4) is 0 Å². The minimum atomic E-state index is 0.554. The molecule has 0 radical (unpaired) electrons. The third-order valence-corrected chi connectivity index (χ3v) is 2.83. The number of methoxy groups -OCH3 is 1. The summed E-state index contributed by atoms with van der Waals surface area (Å²) in [6.45, 7) is 0. The summed E-state index contributed by atoms with van der Waals surface area (Å²) < 4.78 is 12.9. The molecule has 5 nitrogen and oxygen atoms in total. The second-order valence-electron chi connectivity index (χ2n) is 4.03. The maximum absolute atomic E-state index is 5.91. The van der Waals surface area contributed by atoms with E-state index in [2.05, 4.69) is 4.98 Å². The normalized spacial score (nSPS) is 10.6. The van der Waals surface area contributed by atoms with Crippen LogP contribution in [0.4, 0.5) is 5.69 Å². The molecular formula is C14H13N3O2. The monoisotopic (exact) mass is 255 g/mol. The Morgan fingerprint density at radius 3 is 2.95 bits per heavy atom. The first kappa shape index (κ1) is 11.4. The first-order valence-electron chi connectivity index (χ1n) is 5.81. The Bertz CT molecular complexity index is 722. The second-order valence-corrected chi connectivity index (χ2v) is 4.03. The molecule has 3 rings (SSSR count). The van der Waals surface area contributed by atoms with E-state index < -0.39 is 0 Å². The highest BCUT2D eigenvalue weighted by atomic mass is 16.5. The van der Waals surface area contributed by atoms with Crippen LogP contribution in [0.25, 0.3) is 5.65 Å². The van der Waals surface area contributed by atoms with Crippen molar-refractivity contribution in [3.8, 4) is 17.4 Å². The van der Waals surface area contributed by atoms with Crippen LogP contribution in [0.15, 0.2) is 48.8 Å². The highest BCUT2D eigenvalue weighted by molar-refractivity contribution is 5.57. The van der Waals surface area contributed by atoms with E-state index >= 15 is 0 Å². The van der Waals surface area contributed by atoms with Crippen molar-refractivity contribution >= 4 is 11.3 Å². The van der Waals surface area contributed by atoms with Gasteiger partial charge in [0.2, 0.25) is 5.88 Å². The number of benzene rings is 1. The minimum Gasteiger partial charge on any atom is -0.497 e. The van der Waals surface area contributed by atoms with Gasteiger partial charge in [-0.05, 0) is 24.3 Å². The number of aromatic nitrogens is 2. The van der Waals surface area contributed by atoms with Crippen molar-refractivity contribution in [2.75, 3.05) is 12.8 Å². The molecule has 0 amide bonds. The van der Waals surface area contributed by atoms with Gasteiger partial charge in [-0.15, -0.1) is 0 Å². The maximum atomic E-state index is 5.91. The van der Waals surface area contributed by atoms with Gasteiger partial charge >= 0.3 is 0 Å². The van der Waals surface area contributed by atoms with E-state index in [1.54, 1.807) is 31.5 Å². The van der Waals surface area contributed by atoms with Gasteiger partial charge in [-0.3, -0.25) is 4.40 Å². The zero-order valence-electron chi connectivity index (χ0n) is 10.4. The highest BCUT2D eigenvalue weighted by Gasteiger charge is 2.07. The fourth-order valence-electron chi connectivity index (χ4n) is 1.85. The third-order valence-electron chi connectivity index (χ3n) is 2.83. The summed E-state index contributed by atoms with van der Waals surface area (Å²) in [4.78, 5) is 4.20. The Kier molecular flexibility index (Phi) is 2.72. The Labute approximate surface area is 110 Å². The predicted octanol–water partition coefficient (Wildman–Crippen LogP) is 2.72. The SMILES string of the molecule is COc1ccc(N)c(Oc2cccc3nccn23)c1. The zero-order valence-corrected chi connectivity index (χ0v) is 10.4. The number of rotatable bonds is 3. The van der Waals surface area contributed by atoms with Crippen LogP contribution in [-0.4, -0.2) is 16.5 Å². The van der Waals surface area contributed by atoms with E-state index in [0.717, 1.165) is 5.65 Å². The van der Waals surface area contributed by atoms with Crippen molar-refractivity contribution in [1.82, 2.24) is 9.38 Å². The van der Waals surface area contributed by atoms with Gasteiger partial charge in [0.05, 0.1) is 12.8 Å². The number of hydrogen-bond acceptors (Lipinski definition) is 4. The molecule has 19 heavy (non-hydrogen) atoms. The number of hydrogen-bond donors (Lipinski definition) is 1. The molecule has 2 heterocycles. The third kappa shape index (κ3) is 2.06. The number of nitrogen functional groups attached to an aromatic ring is 1. The molecule has 0 saturated carbocycles. The van der Waals surface area contributed by atoms with Gasteiger partial charge in [0, 0.05) is 18.5 Å². The van der Waals surface area contributed by atoms with E-state index in [1.807, 2.05) is 28.8 Å². The number of imidazole rings is 1. The van der Waals surface area contributed by atoms with Crippen LogP contribution < -0.4 is 15.2 Å². The lowest BCUT2D eigenvalue weighted by Gasteiger charge is -2.11. The average Bonchev–Trinajstić information content (AvgIpc) is 2.90. The largest absolute Gasteiger partial charge is 0.497 e. The van der Waals surface area contributed by atoms with E-state index in [0.29, 0.717) is 23.1 Å². The van der Waals surface area contributed by atoms with Crippen LogP contribution in [0.1, 0.15) is 0 Å². The summed E-state index contributed by atoms with van der Waals surface area (Å²) in [6.07, 6.45) is 3.55. The maximum Gasteiger partial charge on any atom is 0.205 e. The van der Waals surface area contributed by atoms with Crippen molar-refractivity contribution < 1.29 is 9.47 Å². The number of anilines is 1. The van der Waals surface area contributed by atoms with Gasteiger partial charge in [0.25, 0.3) is 0 Å². The lowest BCUT2D eigenvalue weighted by molar-refractivity contribution is 0.407. The summed E-state index contributed by atoms with van der Waals surface area (Å²) in [6, 6.07) is 10.9. The zero-order chi connectivity index (χ0) is 13.2. The lowest BCUT2D eigenvalue weighted by Crippen LogP contribution is -1.97. The highest BCUT2D eigenvalue weighted by Crippen LogP contribution is 2.31. The van der Waals surface area contributed by atoms with Crippen molar-refractivity contribution in [1.29, 1.82) is 0 Å². The number of nitrogens with zero attached hydrogens (tertiary/aromatic N) is 2. The molecule has 0 fully saturated rings. The number of fused-ring (bicyclic) bond motifs is 1. The van der Waals surface area contributed by atoms with Gasteiger partial charge in [-0.25, -0.2) is 4.98 Å². The Hall–Kier alpha value is -2.69. The Balaban J connectivity index is 2.03. The predicted molar refractivity (Wildman–Crippen MR) is 72.7 cm³/mol. The van der Waals surface area contributed by atoms with Gasteiger partial charge in [0.1, 0.15) is 11.4 Å². The Morgan fingerprint density at radius 1 is 1.21 bits per heavy atom. The quantitative estimate of drug-likeness (QED) is 0.731. The summed E-state index contributed by atoms with van der Waals surface area (Å²) in [5.74, 6) is 1.90. The number of nitrogens with two attached hydrogens (primary N) is 1. The topological polar surface area (TPSA) is 61.8 Å². The molecule has 0 aliphatic carbocycles. The smallest absolute Gasteiger partial charge is 0.205 e. The second kappa shape index (κ2) is 4.53. The van der Waals surface area contributed by atoms with Gasteiger partial charge < -0.3 is 15.2 Å². The van der Waals surface area contributed by atoms with Crippen LogP contribution in [0.5, 0.6) is 17.4 Å². The molecule has 0 atom stereocenters. The van der Waals surface area contributed by atoms with Crippen LogP contribution in [-0.2, 0) is 0 Å². The van der Waals surface area contributed by atoms with E-state index in [1.165, 1.54) is 0 Å². The number of pyridine rings is 1. The van der Waals surface area contributed by atoms with Crippen LogP contribution in [0.2, 0.25) is 0 Å². The fourth-order valence-corrected chi connectivity index (χ4v) is 1.85. The molecule has 0 spiro atoms. The first-order chi connectivity index (χ1) is 9.28. The average molecular weight is 255 g/mol.